The Morgan fingerprint density at radius 3 is 0.991 bits per heavy atom. The number of nitrogens with one attached hydrogen (secondary N) is 1. The third-order valence-corrected chi connectivity index (χ3v) is 22.1. The Bertz CT molecular complexity index is 2460. The monoisotopic (exact) mass is 1600 g/mol. The number of aliphatic hydroxyl groups excluding tert-OH is 11. The summed E-state index contributed by atoms with van der Waals surface area (Å²) in [4.78, 5) is 13.5. The van der Waals surface area contributed by atoms with Gasteiger partial charge in [-0.25, -0.2) is 0 Å². The van der Waals surface area contributed by atoms with E-state index in [-0.39, 0.29) is 18.9 Å². The van der Waals surface area contributed by atoms with Crippen LogP contribution >= 0.6 is 0 Å². The second-order valence-electron chi connectivity index (χ2n) is 32.0. The highest BCUT2D eigenvalue weighted by Crippen LogP contribution is 2.33. The highest BCUT2D eigenvalue weighted by atomic mass is 16.8. The second-order valence-corrected chi connectivity index (χ2v) is 32.0. The van der Waals surface area contributed by atoms with Crippen molar-refractivity contribution in [2.24, 2.45) is 0 Å². The molecule has 19 nitrogen and oxygen atoms in total. The molecule has 3 saturated heterocycles. The fourth-order valence-electron chi connectivity index (χ4n) is 14.8. The van der Waals surface area contributed by atoms with Crippen LogP contribution in [0.5, 0.6) is 0 Å². The molecule has 3 aliphatic heterocycles. The minimum atomic E-state index is -1.99. The first kappa shape index (κ1) is 104. The van der Waals surface area contributed by atoms with E-state index in [1.54, 1.807) is 6.08 Å². The summed E-state index contributed by atoms with van der Waals surface area (Å²) in [6.07, 6.45) is 75.2. The number of carbonyl (C=O) groups excluding carboxylic acids is 1. The van der Waals surface area contributed by atoms with Crippen LogP contribution in [0.2, 0.25) is 0 Å². The average Bonchev–Trinajstić information content (AvgIpc) is 0.779. The van der Waals surface area contributed by atoms with E-state index in [1.165, 1.54) is 225 Å². The third-order valence-electron chi connectivity index (χ3n) is 22.1. The van der Waals surface area contributed by atoms with Gasteiger partial charge >= 0.3 is 0 Å². The quantitative estimate of drug-likeness (QED) is 0.0199. The van der Waals surface area contributed by atoms with Gasteiger partial charge in [0.2, 0.25) is 5.91 Å². The minimum Gasteiger partial charge on any atom is -0.394 e. The zero-order valence-corrected chi connectivity index (χ0v) is 70.6. The highest BCUT2D eigenvalue weighted by molar-refractivity contribution is 5.76. The van der Waals surface area contributed by atoms with E-state index < -0.39 is 124 Å². The number of allylic oxidation sites excluding steroid dienone is 17. The second kappa shape index (κ2) is 72.5. The molecule has 3 heterocycles. The molecule has 654 valence electrons. The van der Waals surface area contributed by atoms with Crippen LogP contribution in [-0.4, -0.2) is 193 Å². The summed E-state index contributed by atoms with van der Waals surface area (Å²) in [5, 5.41) is 121. The van der Waals surface area contributed by atoms with Crippen molar-refractivity contribution in [1.82, 2.24) is 5.32 Å². The maximum Gasteiger partial charge on any atom is 0.220 e. The lowest BCUT2D eigenvalue weighted by Gasteiger charge is -2.48. The Labute approximate surface area is 685 Å². The van der Waals surface area contributed by atoms with E-state index in [2.05, 4.69) is 116 Å². The average molecular weight is 1600 g/mol. The van der Waals surface area contributed by atoms with Crippen molar-refractivity contribution in [1.29, 1.82) is 0 Å². The molecular weight excluding hydrogens is 1430 g/mol. The van der Waals surface area contributed by atoms with Crippen molar-refractivity contribution in [2.75, 3.05) is 26.4 Å². The maximum absolute atomic E-state index is 13.5. The van der Waals surface area contributed by atoms with Crippen molar-refractivity contribution in [3.8, 4) is 0 Å². The molecule has 17 atom stereocenters. The van der Waals surface area contributed by atoms with Crippen molar-refractivity contribution >= 4 is 5.91 Å². The molecule has 19 heteroatoms. The molecule has 3 rings (SSSR count). The summed E-state index contributed by atoms with van der Waals surface area (Å²) in [6.45, 7) is 1.64. The Morgan fingerprint density at radius 1 is 0.327 bits per heavy atom. The predicted octanol–water partition coefficient (Wildman–Crippen LogP) is 17.6. The highest BCUT2D eigenvalue weighted by Gasteiger charge is 2.54. The Balaban J connectivity index is 1.33. The van der Waals surface area contributed by atoms with E-state index in [0.717, 1.165) is 89.9 Å². The molecule has 0 aromatic rings. The number of hydrogen-bond acceptors (Lipinski definition) is 18. The number of rotatable bonds is 73. The number of hydrogen-bond donors (Lipinski definition) is 12. The van der Waals surface area contributed by atoms with Crippen LogP contribution < -0.4 is 5.32 Å². The zero-order chi connectivity index (χ0) is 81.7. The molecule has 3 aliphatic rings. The summed E-state index contributed by atoms with van der Waals surface area (Å²) < 4.78 is 34.5. The van der Waals surface area contributed by atoms with Crippen molar-refractivity contribution in [2.45, 2.75) is 452 Å². The first-order valence-electron chi connectivity index (χ1n) is 45.6. The smallest absolute Gasteiger partial charge is 0.220 e. The molecule has 17 unspecified atom stereocenters. The number of carbonyl (C=O) groups is 1. The van der Waals surface area contributed by atoms with E-state index in [0.29, 0.717) is 12.8 Å². The lowest BCUT2D eigenvalue weighted by Crippen LogP contribution is -2.66. The van der Waals surface area contributed by atoms with Gasteiger partial charge in [-0.2, -0.15) is 0 Å². The molecule has 0 spiro atoms. The van der Waals surface area contributed by atoms with Gasteiger partial charge in [-0.3, -0.25) is 4.79 Å². The fraction of sp³-hybridized carbons (Fsp3) is 0.798. The lowest BCUT2D eigenvalue weighted by atomic mass is 9.96. The van der Waals surface area contributed by atoms with Crippen LogP contribution in [0.4, 0.5) is 0 Å². The number of aliphatic hydroxyl groups is 11. The van der Waals surface area contributed by atoms with Crippen molar-refractivity contribution in [3.05, 3.63) is 109 Å². The Morgan fingerprint density at radius 2 is 0.619 bits per heavy atom. The van der Waals surface area contributed by atoms with E-state index >= 15 is 0 Å². The standard InChI is InChI=1S/C94H165NO18/c1-3-5-7-9-11-13-15-17-19-21-23-25-27-29-31-33-35-36-37-38-39-40-42-44-46-48-50-52-54-56-58-60-62-64-66-68-70-72-82(100)95-77(78(99)71-69-67-65-63-61-59-57-55-53-51-49-47-45-43-41-34-32-30-28-26-24-22-20-18-16-14-12-10-8-6-4-2)76-108-92-88(106)85(103)90(80(74-97)110-92)113-94-89(107)86(104)91(81(75-98)111-94)112-93-87(105)84(102)83(101)79(73-96)109-93/h5,7,11,13,17,19,23,25,29,31,35-36,38-39,61,63,69,71,77-81,83-94,96-99,101-107H,3-4,6,8-10,12,14-16,18,20-22,24,26-28,30,32-34,37,40-60,62,64-68,70,72-76H2,1-2H3,(H,95,100)/b7-5-,13-11-,19-17-,25-23-,31-29-,36-35-,39-38-,63-61+,71-69+. The van der Waals surface area contributed by atoms with Gasteiger partial charge in [-0.15, -0.1) is 0 Å². The van der Waals surface area contributed by atoms with Crippen LogP contribution in [0.15, 0.2) is 109 Å². The molecule has 0 saturated carbocycles. The summed E-state index contributed by atoms with van der Waals surface area (Å²) in [5.74, 6) is -0.285. The number of unbranched alkanes of at least 4 members (excludes halogenated alkanes) is 41. The Hall–Kier alpha value is -3.55. The SMILES string of the molecule is CC/C=C\C/C=C\C/C=C\C/C=C\C/C=C\C/C=C\C/C=C\CCCCCCCCCCCCCCCCCC(=O)NC(COC1OC(CO)C(OC2OC(CO)C(OC3OC(CO)C(O)C(O)C3O)C(O)C2O)C(O)C1O)C(O)/C=C/CC/C=C/CCCCCCCCCCCCCCCCCCCCCCCCCCC. The van der Waals surface area contributed by atoms with Gasteiger partial charge in [0.1, 0.15) is 73.2 Å². The lowest BCUT2D eigenvalue weighted by molar-refractivity contribution is -0.379. The molecule has 12 N–H and O–H groups in total. The zero-order valence-electron chi connectivity index (χ0n) is 70.6. The van der Waals surface area contributed by atoms with Gasteiger partial charge in [0, 0.05) is 6.42 Å². The normalized spacial score (nSPS) is 25.3. The van der Waals surface area contributed by atoms with Gasteiger partial charge in [0.15, 0.2) is 18.9 Å². The first-order chi connectivity index (χ1) is 55.3. The van der Waals surface area contributed by atoms with E-state index in [4.69, 9.17) is 28.4 Å². The topological polar surface area (TPSA) is 307 Å². The first-order valence-corrected chi connectivity index (χ1v) is 45.6. The molecular formula is C94H165NO18. The number of ether oxygens (including phenoxy) is 6. The van der Waals surface area contributed by atoms with Gasteiger partial charge < -0.3 is 89.9 Å². The summed E-state index contributed by atoms with van der Waals surface area (Å²) in [6, 6.07) is -0.998. The van der Waals surface area contributed by atoms with Crippen LogP contribution in [0.3, 0.4) is 0 Å². The van der Waals surface area contributed by atoms with Crippen LogP contribution in [0.1, 0.15) is 348 Å². The molecule has 0 bridgehead atoms. The van der Waals surface area contributed by atoms with Crippen LogP contribution in [0.25, 0.3) is 0 Å². The van der Waals surface area contributed by atoms with Gasteiger partial charge in [-0.05, 0) is 89.9 Å². The van der Waals surface area contributed by atoms with E-state index in [1.807, 2.05) is 6.08 Å². The van der Waals surface area contributed by atoms with Gasteiger partial charge in [-0.1, -0.05) is 361 Å². The minimum absolute atomic E-state index is 0.231. The fourth-order valence-corrected chi connectivity index (χ4v) is 14.8. The molecule has 113 heavy (non-hydrogen) atoms. The number of amides is 1. The molecule has 0 aromatic carbocycles. The summed E-state index contributed by atoms with van der Waals surface area (Å²) in [7, 11) is 0. The Kier molecular flexibility index (Phi) is 66.5. The van der Waals surface area contributed by atoms with Crippen molar-refractivity contribution in [3.63, 3.8) is 0 Å². The van der Waals surface area contributed by atoms with Crippen molar-refractivity contribution < 1.29 is 89.4 Å². The van der Waals surface area contributed by atoms with E-state index in [9.17, 15) is 61.0 Å². The van der Waals surface area contributed by atoms with Crippen LogP contribution in [0, 0.1) is 0 Å². The van der Waals surface area contributed by atoms with Crippen LogP contribution in [-0.2, 0) is 33.2 Å². The molecule has 1 amide bonds. The summed E-state index contributed by atoms with van der Waals surface area (Å²) in [5.41, 5.74) is 0. The predicted molar refractivity (Wildman–Crippen MR) is 457 cm³/mol. The maximum atomic E-state index is 13.5. The molecule has 0 aromatic heterocycles. The third kappa shape index (κ3) is 50.9. The molecule has 0 radical (unpaired) electrons. The molecule has 0 aliphatic carbocycles. The molecule has 3 fully saturated rings. The van der Waals surface area contributed by atoms with Gasteiger partial charge in [0.05, 0.1) is 38.6 Å². The van der Waals surface area contributed by atoms with Gasteiger partial charge in [0.25, 0.3) is 0 Å². The largest absolute Gasteiger partial charge is 0.394 e. The summed E-state index contributed by atoms with van der Waals surface area (Å²) >= 11 is 0.